The van der Waals surface area contributed by atoms with Crippen LogP contribution in [0.3, 0.4) is 0 Å². The average Bonchev–Trinajstić information content (AvgIpc) is 2.98. The number of ether oxygens (including phenoxy) is 1. The summed E-state index contributed by atoms with van der Waals surface area (Å²) in [5.41, 5.74) is 7.25. The third kappa shape index (κ3) is 4.20. The second kappa shape index (κ2) is 8.25. The normalized spacial score (nSPS) is 19.2. The van der Waals surface area contributed by atoms with E-state index in [4.69, 9.17) is 10.5 Å². The van der Waals surface area contributed by atoms with Gasteiger partial charge in [0.05, 0.1) is 12.1 Å². The van der Waals surface area contributed by atoms with E-state index in [-0.39, 0.29) is 30.5 Å². The molecule has 1 aromatic rings. The van der Waals surface area contributed by atoms with Gasteiger partial charge < -0.3 is 15.8 Å². The minimum atomic E-state index is -0.0362. The highest BCUT2D eigenvalue weighted by atomic mass is 35.5. The van der Waals surface area contributed by atoms with Gasteiger partial charge in [-0.25, -0.2) is 0 Å². The van der Waals surface area contributed by atoms with Crippen molar-refractivity contribution in [1.82, 2.24) is 5.32 Å². The third-order valence-corrected chi connectivity index (χ3v) is 3.62. The van der Waals surface area contributed by atoms with Crippen LogP contribution in [0.2, 0.25) is 0 Å². The first-order chi connectivity index (χ1) is 9.24. The van der Waals surface area contributed by atoms with Gasteiger partial charge in [-0.05, 0) is 37.0 Å². The molecule has 4 nitrogen and oxygen atoms in total. The summed E-state index contributed by atoms with van der Waals surface area (Å²) >= 11 is 0. The molecular weight excluding hydrogens is 276 g/mol. The summed E-state index contributed by atoms with van der Waals surface area (Å²) < 4.78 is 5.65. The zero-order valence-corrected chi connectivity index (χ0v) is 12.6. The van der Waals surface area contributed by atoms with Gasteiger partial charge in [0.15, 0.2) is 0 Å². The molecule has 112 valence electrons. The zero-order chi connectivity index (χ0) is 13.7. The highest BCUT2D eigenvalue weighted by molar-refractivity contribution is 5.94. The maximum atomic E-state index is 12.2. The molecule has 2 atom stereocenters. The molecule has 1 heterocycles. The molecule has 1 saturated heterocycles. The molecule has 1 aliphatic rings. The van der Waals surface area contributed by atoms with E-state index in [1.54, 1.807) is 0 Å². The molecule has 0 aromatic heterocycles. The first-order valence-electron chi connectivity index (χ1n) is 6.96. The predicted molar refractivity (Wildman–Crippen MR) is 82.1 cm³/mol. The van der Waals surface area contributed by atoms with Crippen LogP contribution < -0.4 is 11.1 Å². The summed E-state index contributed by atoms with van der Waals surface area (Å²) in [5, 5.41) is 3.07. The SMILES string of the molecule is CCC(NC(=O)c1ccc(CN)cc1)C1CCCO1.Cl. The summed E-state index contributed by atoms with van der Waals surface area (Å²) in [5.74, 6) is -0.0362. The molecule has 0 radical (unpaired) electrons. The molecule has 1 fully saturated rings. The molecule has 20 heavy (non-hydrogen) atoms. The van der Waals surface area contributed by atoms with E-state index in [0.29, 0.717) is 12.1 Å². The van der Waals surface area contributed by atoms with Crippen LogP contribution in [0.25, 0.3) is 0 Å². The Morgan fingerprint density at radius 3 is 2.65 bits per heavy atom. The number of hydrogen-bond acceptors (Lipinski definition) is 3. The van der Waals surface area contributed by atoms with Crippen molar-refractivity contribution in [1.29, 1.82) is 0 Å². The molecule has 2 rings (SSSR count). The second-order valence-electron chi connectivity index (χ2n) is 4.94. The van der Waals surface area contributed by atoms with E-state index >= 15 is 0 Å². The maximum Gasteiger partial charge on any atom is 0.251 e. The van der Waals surface area contributed by atoms with E-state index in [2.05, 4.69) is 12.2 Å². The third-order valence-electron chi connectivity index (χ3n) is 3.62. The van der Waals surface area contributed by atoms with Crippen LogP contribution >= 0.6 is 12.4 Å². The molecule has 3 N–H and O–H groups in total. The summed E-state index contributed by atoms with van der Waals surface area (Å²) in [7, 11) is 0. The van der Waals surface area contributed by atoms with Gasteiger partial charge in [0, 0.05) is 18.7 Å². The lowest BCUT2D eigenvalue weighted by molar-refractivity contribution is 0.0665. The van der Waals surface area contributed by atoms with Gasteiger partial charge in [-0.3, -0.25) is 4.79 Å². The average molecular weight is 299 g/mol. The lowest BCUT2D eigenvalue weighted by Gasteiger charge is -2.22. The molecule has 1 amide bonds. The fourth-order valence-corrected chi connectivity index (χ4v) is 2.42. The minimum absolute atomic E-state index is 0. The number of nitrogens with one attached hydrogen (secondary N) is 1. The zero-order valence-electron chi connectivity index (χ0n) is 11.8. The standard InChI is InChI=1S/C15H22N2O2.ClH/c1-2-13(14-4-3-9-19-14)17-15(18)12-7-5-11(10-16)6-8-12;/h5-8,13-14H,2-4,9-10,16H2,1H3,(H,17,18);1H. The van der Waals surface area contributed by atoms with Crippen LogP contribution in [-0.2, 0) is 11.3 Å². The number of carbonyl (C=O) groups excluding carboxylic acids is 1. The van der Waals surface area contributed by atoms with Gasteiger partial charge in [0.2, 0.25) is 0 Å². The van der Waals surface area contributed by atoms with Crippen LogP contribution in [0.1, 0.15) is 42.1 Å². The number of rotatable bonds is 5. The van der Waals surface area contributed by atoms with Gasteiger partial charge in [-0.2, -0.15) is 0 Å². The second-order valence-corrected chi connectivity index (χ2v) is 4.94. The Morgan fingerprint density at radius 2 is 2.15 bits per heavy atom. The Balaban J connectivity index is 0.00000200. The Hall–Kier alpha value is -1.10. The lowest BCUT2D eigenvalue weighted by Crippen LogP contribution is -2.42. The summed E-state index contributed by atoms with van der Waals surface area (Å²) in [6.45, 7) is 3.38. The molecule has 0 aliphatic carbocycles. The topological polar surface area (TPSA) is 64.4 Å². The molecular formula is C15H23ClN2O2. The molecule has 1 aliphatic heterocycles. The minimum Gasteiger partial charge on any atom is -0.376 e. The molecule has 2 unspecified atom stereocenters. The van der Waals surface area contributed by atoms with Crippen molar-refractivity contribution < 1.29 is 9.53 Å². The largest absolute Gasteiger partial charge is 0.376 e. The van der Waals surface area contributed by atoms with Gasteiger partial charge in [-0.15, -0.1) is 12.4 Å². The van der Waals surface area contributed by atoms with Crippen molar-refractivity contribution in [2.45, 2.75) is 44.9 Å². The van der Waals surface area contributed by atoms with E-state index in [1.165, 1.54) is 0 Å². The number of amides is 1. The lowest BCUT2D eigenvalue weighted by atomic mass is 10.0. The van der Waals surface area contributed by atoms with Gasteiger partial charge in [0.1, 0.15) is 0 Å². The number of hydrogen-bond donors (Lipinski definition) is 2. The highest BCUT2D eigenvalue weighted by Gasteiger charge is 2.26. The Morgan fingerprint density at radius 1 is 1.45 bits per heavy atom. The monoisotopic (exact) mass is 298 g/mol. The first-order valence-corrected chi connectivity index (χ1v) is 6.96. The maximum absolute atomic E-state index is 12.2. The quantitative estimate of drug-likeness (QED) is 0.876. The van der Waals surface area contributed by atoms with Crippen LogP contribution in [0, 0.1) is 0 Å². The van der Waals surface area contributed by atoms with Crippen molar-refractivity contribution >= 4 is 18.3 Å². The molecule has 0 spiro atoms. The number of halogens is 1. The van der Waals surface area contributed by atoms with E-state index in [0.717, 1.165) is 31.4 Å². The summed E-state index contributed by atoms with van der Waals surface area (Å²) in [6.07, 6.45) is 3.17. The molecule has 1 aromatic carbocycles. The van der Waals surface area contributed by atoms with Crippen molar-refractivity contribution in [2.24, 2.45) is 5.73 Å². The molecule has 0 saturated carbocycles. The van der Waals surface area contributed by atoms with Gasteiger partial charge >= 0.3 is 0 Å². The summed E-state index contributed by atoms with van der Waals surface area (Å²) in [4.78, 5) is 12.2. The summed E-state index contributed by atoms with van der Waals surface area (Å²) in [6, 6.07) is 7.52. The Bertz CT molecular complexity index is 416. The molecule has 0 bridgehead atoms. The Labute approximate surface area is 126 Å². The van der Waals surface area contributed by atoms with E-state index < -0.39 is 0 Å². The molecule has 5 heteroatoms. The van der Waals surface area contributed by atoms with Crippen LogP contribution in [-0.4, -0.2) is 24.7 Å². The first kappa shape index (κ1) is 17.0. The van der Waals surface area contributed by atoms with Crippen molar-refractivity contribution in [2.75, 3.05) is 6.61 Å². The van der Waals surface area contributed by atoms with Crippen LogP contribution in [0.5, 0.6) is 0 Å². The van der Waals surface area contributed by atoms with Gasteiger partial charge in [0.25, 0.3) is 5.91 Å². The highest BCUT2D eigenvalue weighted by Crippen LogP contribution is 2.18. The van der Waals surface area contributed by atoms with Crippen LogP contribution in [0.15, 0.2) is 24.3 Å². The number of nitrogens with two attached hydrogens (primary N) is 1. The number of benzene rings is 1. The van der Waals surface area contributed by atoms with E-state index in [9.17, 15) is 4.79 Å². The van der Waals surface area contributed by atoms with Crippen molar-refractivity contribution in [3.05, 3.63) is 35.4 Å². The van der Waals surface area contributed by atoms with Crippen molar-refractivity contribution in [3.8, 4) is 0 Å². The van der Waals surface area contributed by atoms with Gasteiger partial charge in [-0.1, -0.05) is 19.1 Å². The van der Waals surface area contributed by atoms with Crippen LogP contribution in [0.4, 0.5) is 0 Å². The fraction of sp³-hybridized carbons (Fsp3) is 0.533. The number of carbonyl (C=O) groups is 1. The van der Waals surface area contributed by atoms with E-state index in [1.807, 2.05) is 24.3 Å². The predicted octanol–water partition coefficient (Wildman–Crippen LogP) is 2.25. The fourth-order valence-electron chi connectivity index (χ4n) is 2.42. The Kier molecular flexibility index (Phi) is 6.99. The van der Waals surface area contributed by atoms with Crippen molar-refractivity contribution in [3.63, 3.8) is 0 Å². The smallest absolute Gasteiger partial charge is 0.251 e.